The molecule has 0 spiro atoms. The van der Waals surface area contributed by atoms with Crippen molar-refractivity contribution in [2.75, 3.05) is 0 Å². The molecule has 62 valence electrons. The molecule has 0 amide bonds. The van der Waals surface area contributed by atoms with E-state index in [-0.39, 0.29) is 5.28 Å². The molecule has 0 fully saturated rings. The highest BCUT2D eigenvalue weighted by Crippen LogP contribution is 2.10. The van der Waals surface area contributed by atoms with Gasteiger partial charge in [0.1, 0.15) is 5.52 Å². The second kappa shape index (κ2) is 2.71. The van der Waals surface area contributed by atoms with Gasteiger partial charge in [0.25, 0.3) is 0 Å². The van der Waals surface area contributed by atoms with Crippen LogP contribution in [0.1, 0.15) is 6.92 Å². The fraction of sp³-hybridized carbons (Fsp3) is 0.286. The molecule has 0 N–H and O–H groups in total. The number of hydrogen-bond acceptors (Lipinski definition) is 3. The molecule has 0 bridgehead atoms. The number of aryl methyl sites for hydroxylation is 1. The Kier molecular flexibility index (Phi) is 1.69. The van der Waals surface area contributed by atoms with Crippen molar-refractivity contribution in [3.05, 3.63) is 17.8 Å². The van der Waals surface area contributed by atoms with Crippen LogP contribution < -0.4 is 0 Å². The summed E-state index contributed by atoms with van der Waals surface area (Å²) in [4.78, 5) is 11.9. The molecule has 0 radical (unpaired) electrons. The quantitative estimate of drug-likeness (QED) is 0.628. The fourth-order valence-electron chi connectivity index (χ4n) is 1.08. The molecule has 4 nitrogen and oxygen atoms in total. The van der Waals surface area contributed by atoms with Gasteiger partial charge in [0.15, 0.2) is 5.65 Å². The molecule has 0 aliphatic carbocycles. The molecule has 0 saturated heterocycles. The number of fused-ring (bicyclic) bond motifs is 1. The van der Waals surface area contributed by atoms with Gasteiger partial charge in [-0.1, -0.05) is 0 Å². The van der Waals surface area contributed by atoms with Gasteiger partial charge in [-0.25, -0.2) is 9.97 Å². The second-order valence-electron chi connectivity index (χ2n) is 2.38. The number of halogens is 1. The van der Waals surface area contributed by atoms with Crippen molar-refractivity contribution in [3.63, 3.8) is 0 Å². The van der Waals surface area contributed by atoms with Gasteiger partial charge in [-0.2, -0.15) is 4.98 Å². The van der Waals surface area contributed by atoms with Crippen LogP contribution >= 0.6 is 11.6 Å². The first-order valence-corrected chi connectivity index (χ1v) is 4.02. The third kappa shape index (κ3) is 1.04. The van der Waals surface area contributed by atoms with Gasteiger partial charge >= 0.3 is 0 Å². The maximum absolute atomic E-state index is 5.60. The fourth-order valence-corrected chi connectivity index (χ4v) is 1.21. The van der Waals surface area contributed by atoms with Crippen LogP contribution in [-0.4, -0.2) is 19.5 Å². The first-order chi connectivity index (χ1) is 5.81. The van der Waals surface area contributed by atoms with Crippen molar-refractivity contribution >= 4 is 22.8 Å². The summed E-state index contributed by atoms with van der Waals surface area (Å²) in [6.07, 6.45) is 3.41. The van der Waals surface area contributed by atoms with E-state index < -0.39 is 0 Å². The third-order valence-electron chi connectivity index (χ3n) is 1.69. The summed E-state index contributed by atoms with van der Waals surface area (Å²) in [5.74, 6) is 0. The standard InChI is InChI=1S/C7H7ClN4/c1-2-12-4-10-6-5(12)3-9-7(8)11-6/h3-4H,2H2,1H3. The summed E-state index contributed by atoms with van der Waals surface area (Å²) < 4.78 is 1.96. The lowest BCUT2D eigenvalue weighted by atomic mass is 10.5. The molecule has 5 heteroatoms. The maximum Gasteiger partial charge on any atom is 0.224 e. The highest BCUT2D eigenvalue weighted by atomic mass is 35.5. The smallest absolute Gasteiger partial charge is 0.224 e. The third-order valence-corrected chi connectivity index (χ3v) is 1.87. The minimum absolute atomic E-state index is 0.240. The summed E-state index contributed by atoms with van der Waals surface area (Å²) >= 11 is 5.60. The van der Waals surface area contributed by atoms with E-state index in [1.807, 2.05) is 11.5 Å². The van der Waals surface area contributed by atoms with E-state index in [2.05, 4.69) is 15.0 Å². The summed E-state index contributed by atoms with van der Waals surface area (Å²) in [6, 6.07) is 0. The molecule has 2 aromatic heterocycles. The summed E-state index contributed by atoms with van der Waals surface area (Å²) in [6.45, 7) is 2.90. The van der Waals surface area contributed by atoms with Crippen LogP contribution in [0.25, 0.3) is 11.2 Å². The Morgan fingerprint density at radius 3 is 3.08 bits per heavy atom. The van der Waals surface area contributed by atoms with Gasteiger partial charge in [-0.05, 0) is 18.5 Å². The maximum atomic E-state index is 5.60. The van der Waals surface area contributed by atoms with Gasteiger partial charge in [0, 0.05) is 6.54 Å². The predicted octanol–water partition coefficient (Wildman–Crippen LogP) is 1.50. The van der Waals surface area contributed by atoms with Crippen molar-refractivity contribution in [1.29, 1.82) is 0 Å². The highest BCUT2D eigenvalue weighted by Gasteiger charge is 2.02. The van der Waals surface area contributed by atoms with E-state index in [4.69, 9.17) is 11.6 Å². The summed E-state index contributed by atoms with van der Waals surface area (Å²) in [7, 11) is 0. The van der Waals surface area contributed by atoms with Crippen LogP contribution in [0.15, 0.2) is 12.5 Å². The number of nitrogens with zero attached hydrogens (tertiary/aromatic N) is 4. The first-order valence-electron chi connectivity index (χ1n) is 3.64. The Hall–Kier alpha value is -1.16. The van der Waals surface area contributed by atoms with Crippen LogP contribution in [0.2, 0.25) is 5.28 Å². The lowest BCUT2D eigenvalue weighted by Gasteiger charge is -1.95. The summed E-state index contributed by atoms with van der Waals surface area (Å²) in [5.41, 5.74) is 1.57. The van der Waals surface area contributed by atoms with Crippen LogP contribution in [0.5, 0.6) is 0 Å². The number of rotatable bonds is 1. The number of imidazole rings is 1. The lowest BCUT2D eigenvalue weighted by molar-refractivity contribution is 0.785. The zero-order valence-corrected chi connectivity index (χ0v) is 7.28. The van der Waals surface area contributed by atoms with E-state index >= 15 is 0 Å². The molecule has 2 rings (SSSR count). The van der Waals surface area contributed by atoms with Crippen molar-refractivity contribution in [2.24, 2.45) is 0 Å². The molecule has 0 saturated carbocycles. The molecule has 0 aromatic carbocycles. The largest absolute Gasteiger partial charge is 0.328 e. The van der Waals surface area contributed by atoms with Gasteiger partial charge < -0.3 is 4.57 Å². The molecule has 0 aliphatic heterocycles. The first kappa shape index (κ1) is 7.49. The zero-order valence-electron chi connectivity index (χ0n) is 6.53. The van der Waals surface area contributed by atoms with E-state index in [0.717, 1.165) is 12.1 Å². The second-order valence-corrected chi connectivity index (χ2v) is 2.72. The van der Waals surface area contributed by atoms with E-state index in [1.54, 1.807) is 12.5 Å². The Balaban J connectivity index is 2.73. The normalized spacial score (nSPS) is 10.8. The molecule has 0 atom stereocenters. The van der Waals surface area contributed by atoms with E-state index in [0.29, 0.717) is 5.65 Å². The number of hydrogen-bond donors (Lipinski definition) is 0. The minimum atomic E-state index is 0.240. The van der Waals surface area contributed by atoms with Crippen molar-refractivity contribution < 1.29 is 0 Å². The van der Waals surface area contributed by atoms with Crippen LogP contribution in [0.4, 0.5) is 0 Å². The van der Waals surface area contributed by atoms with Crippen molar-refractivity contribution in [1.82, 2.24) is 19.5 Å². The molecule has 12 heavy (non-hydrogen) atoms. The van der Waals surface area contributed by atoms with E-state index in [9.17, 15) is 0 Å². The zero-order chi connectivity index (χ0) is 8.55. The van der Waals surface area contributed by atoms with Gasteiger partial charge in [-0.15, -0.1) is 0 Å². The monoisotopic (exact) mass is 182 g/mol. The van der Waals surface area contributed by atoms with E-state index in [1.165, 1.54) is 0 Å². The van der Waals surface area contributed by atoms with Gasteiger partial charge in [0.2, 0.25) is 5.28 Å². The molecule has 0 aliphatic rings. The predicted molar refractivity (Wildman–Crippen MR) is 46.0 cm³/mol. The average molecular weight is 183 g/mol. The molecular weight excluding hydrogens is 176 g/mol. The highest BCUT2D eigenvalue weighted by molar-refractivity contribution is 6.28. The SMILES string of the molecule is CCn1cnc2nc(Cl)ncc21. The van der Waals surface area contributed by atoms with Crippen LogP contribution in [0.3, 0.4) is 0 Å². The Bertz CT molecular complexity index is 409. The molecule has 0 unspecified atom stereocenters. The molecule has 2 aromatic rings. The summed E-state index contributed by atoms with van der Waals surface area (Å²) in [5, 5.41) is 0.240. The van der Waals surface area contributed by atoms with Crippen LogP contribution in [0, 0.1) is 0 Å². The Morgan fingerprint density at radius 1 is 1.50 bits per heavy atom. The Labute approximate surface area is 74.2 Å². The average Bonchev–Trinajstić information content (AvgIpc) is 2.46. The lowest BCUT2D eigenvalue weighted by Crippen LogP contribution is -1.91. The minimum Gasteiger partial charge on any atom is -0.328 e. The van der Waals surface area contributed by atoms with Gasteiger partial charge in [-0.3, -0.25) is 0 Å². The molecular formula is C7H7ClN4. The number of aromatic nitrogens is 4. The Morgan fingerprint density at radius 2 is 2.33 bits per heavy atom. The van der Waals surface area contributed by atoms with Gasteiger partial charge in [0.05, 0.1) is 12.5 Å². The van der Waals surface area contributed by atoms with Crippen molar-refractivity contribution in [2.45, 2.75) is 13.5 Å². The topological polar surface area (TPSA) is 43.6 Å². The molecule has 2 heterocycles. The van der Waals surface area contributed by atoms with Crippen LogP contribution in [-0.2, 0) is 6.54 Å². The van der Waals surface area contributed by atoms with Crippen molar-refractivity contribution in [3.8, 4) is 0 Å².